The van der Waals surface area contributed by atoms with Crippen LogP contribution in [0.2, 0.25) is 0 Å². The molecule has 1 unspecified atom stereocenters. The van der Waals surface area contributed by atoms with Gasteiger partial charge in [-0.05, 0) is 38.0 Å². The molecule has 2 aromatic heterocycles. The molecule has 0 radical (unpaired) electrons. The summed E-state index contributed by atoms with van der Waals surface area (Å²) in [6.45, 7) is 5.31. The Morgan fingerprint density at radius 2 is 1.94 bits per heavy atom. The van der Waals surface area contributed by atoms with E-state index >= 15 is 0 Å². The van der Waals surface area contributed by atoms with Gasteiger partial charge >= 0.3 is 0 Å². The second-order valence-corrected chi connectivity index (χ2v) is 7.89. The van der Waals surface area contributed by atoms with Gasteiger partial charge in [-0.25, -0.2) is 4.98 Å². The van der Waals surface area contributed by atoms with Crippen molar-refractivity contribution in [2.24, 2.45) is 0 Å². The Hall–Kier alpha value is -3.55. The lowest BCUT2D eigenvalue weighted by atomic mass is 10.1. The number of aromatic amines is 1. The Balaban J connectivity index is 1.59. The van der Waals surface area contributed by atoms with E-state index in [2.05, 4.69) is 20.2 Å². The molecule has 1 saturated heterocycles. The maximum atomic E-state index is 13.3. The molecule has 160 valence electrons. The summed E-state index contributed by atoms with van der Waals surface area (Å²) >= 11 is 0. The van der Waals surface area contributed by atoms with Crippen molar-refractivity contribution in [3.63, 3.8) is 0 Å². The number of aryl methyl sites for hydroxylation is 2. The third-order valence-corrected chi connectivity index (χ3v) is 5.49. The molecule has 0 bridgehead atoms. The molecule has 1 aliphatic rings. The van der Waals surface area contributed by atoms with Gasteiger partial charge in [0.1, 0.15) is 11.9 Å². The zero-order valence-electron chi connectivity index (χ0n) is 17.8. The summed E-state index contributed by atoms with van der Waals surface area (Å²) in [6.07, 6.45) is 4.24. The van der Waals surface area contributed by atoms with Gasteiger partial charge in [0.25, 0.3) is 5.91 Å². The molecule has 1 fully saturated rings. The summed E-state index contributed by atoms with van der Waals surface area (Å²) in [4.78, 5) is 38.5. The second kappa shape index (κ2) is 9.07. The smallest absolute Gasteiger partial charge is 0.254 e. The summed E-state index contributed by atoms with van der Waals surface area (Å²) in [5, 5.41) is 7.18. The Labute approximate surface area is 181 Å². The predicted molar refractivity (Wildman–Crippen MR) is 115 cm³/mol. The molecule has 1 N–H and O–H groups in total. The van der Waals surface area contributed by atoms with Crippen LogP contribution in [-0.2, 0) is 11.2 Å². The van der Waals surface area contributed by atoms with Crippen LogP contribution in [0, 0.1) is 13.8 Å². The number of aromatic nitrogens is 4. The fourth-order valence-electron chi connectivity index (χ4n) is 3.95. The molecule has 1 atom stereocenters. The zero-order chi connectivity index (χ0) is 21.8. The van der Waals surface area contributed by atoms with E-state index in [1.165, 1.54) is 0 Å². The Morgan fingerprint density at radius 3 is 2.65 bits per heavy atom. The minimum Gasteiger partial charge on any atom is -0.340 e. The maximum Gasteiger partial charge on any atom is 0.254 e. The number of hydrogen-bond acceptors (Lipinski definition) is 5. The SMILES string of the molecule is Cc1cccc(CC(=O)N2CCCN(C(=O)c3ccncc3)C(c3n[nH]c(C)n3)C2)c1. The molecule has 3 aromatic rings. The van der Waals surface area contributed by atoms with Crippen LogP contribution in [-0.4, -0.2) is 61.4 Å². The van der Waals surface area contributed by atoms with Crippen LogP contribution in [0.3, 0.4) is 0 Å². The number of nitrogens with zero attached hydrogens (tertiary/aromatic N) is 5. The lowest BCUT2D eigenvalue weighted by Crippen LogP contribution is -2.41. The number of amides is 2. The molecular weight excluding hydrogens is 392 g/mol. The van der Waals surface area contributed by atoms with E-state index in [1.54, 1.807) is 29.4 Å². The number of carbonyl (C=O) groups is 2. The summed E-state index contributed by atoms with van der Waals surface area (Å²) in [5.74, 6) is 1.13. The van der Waals surface area contributed by atoms with Crippen LogP contribution in [0.5, 0.6) is 0 Å². The van der Waals surface area contributed by atoms with Crippen molar-refractivity contribution in [1.82, 2.24) is 30.0 Å². The van der Waals surface area contributed by atoms with Gasteiger partial charge in [0.15, 0.2) is 5.82 Å². The number of rotatable bonds is 4. The lowest BCUT2D eigenvalue weighted by Gasteiger charge is -2.30. The Kier molecular flexibility index (Phi) is 6.06. The third-order valence-electron chi connectivity index (χ3n) is 5.49. The van der Waals surface area contributed by atoms with Gasteiger partial charge in [-0.3, -0.25) is 19.7 Å². The summed E-state index contributed by atoms with van der Waals surface area (Å²) in [6, 6.07) is 11.0. The first-order valence-electron chi connectivity index (χ1n) is 10.4. The molecule has 31 heavy (non-hydrogen) atoms. The van der Waals surface area contributed by atoms with Crippen LogP contribution < -0.4 is 0 Å². The van der Waals surface area contributed by atoms with Crippen LogP contribution >= 0.6 is 0 Å². The van der Waals surface area contributed by atoms with E-state index in [-0.39, 0.29) is 11.8 Å². The summed E-state index contributed by atoms with van der Waals surface area (Å²) in [5.41, 5.74) is 2.68. The van der Waals surface area contributed by atoms with Gasteiger partial charge in [-0.15, -0.1) is 0 Å². The van der Waals surface area contributed by atoms with E-state index in [0.717, 1.165) is 11.1 Å². The number of H-pyrrole nitrogens is 1. The lowest BCUT2D eigenvalue weighted by molar-refractivity contribution is -0.130. The third kappa shape index (κ3) is 4.79. The molecule has 4 rings (SSSR count). The van der Waals surface area contributed by atoms with Gasteiger partial charge in [0, 0.05) is 37.6 Å². The van der Waals surface area contributed by atoms with Crippen LogP contribution in [0.4, 0.5) is 0 Å². The molecule has 0 saturated carbocycles. The van der Waals surface area contributed by atoms with Gasteiger partial charge in [0.2, 0.25) is 5.91 Å². The van der Waals surface area contributed by atoms with Crippen molar-refractivity contribution in [2.75, 3.05) is 19.6 Å². The molecule has 8 nitrogen and oxygen atoms in total. The highest BCUT2D eigenvalue weighted by atomic mass is 16.2. The Morgan fingerprint density at radius 1 is 1.13 bits per heavy atom. The molecule has 3 heterocycles. The highest BCUT2D eigenvalue weighted by Crippen LogP contribution is 2.25. The molecule has 1 aromatic carbocycles. The monoisotopic (exact) mass is 418 g/mol. The van der Waals surface area contributed by atoms with Crippen molar-refractivity contribution in [1.29, 1.82) is 0 Å². The molecule has 8 heteroatoms. The first kappa shape index (κ1) is 20.7. The number of hydrogen-bond donors (Lipinski definition) is 1. The van der Waals surface area contributed by atoms with Crippen molar-refractivity contribution in [3.8, 4) is 0 Å². The van der Waals surface area contributed by atoms with Crippen LogP contribution in [0.1, 0.15) is 45.6 Å². The van der Waals surface area contributed by atoms with E-state index in [4.69, 9.17) is 0 Å². The number of pyridine rings is 1. The van der Waals surface area contributed by atoms with Crippen molar-refractivity contribution in [2.45, 2.75) is 32.7 Å². The first-order chi connectivity index (χ1) is 15.0. The van der Waals surface area contributed by atoms with E-state index in [9.17, 15) is 9.59 Å². The number of benzene rings is 1. The average Bonchev–Trinajstić information content (AvgIpc) is 3.07. The largest absolute Gasteiger partial charge is 0.340 e. The van der Waals surface area contributed by atoms with E-state index < -0.39 is 6.04 Å². The summed E-state index contributed by atoms with van der Waals surface area (Å²) < 4.78 is 0. The van der Waals surface area contributed by atoms with E-state index in [1.807, 2.05) is 43.0 Å². The zero-order valence-corrected chi connectivity index (χ0v) is 17.8. The fourth-order valence-corrected chi connectivity index (χ4v) is 3.95. The molecule has 1 aliphatic heterocycles. The summed E-state index contributed by atoms with van der Waals surface area (Å²) in [7, 11) is 0. The van der Waals surface area contributed by atoms with Gasteiger partial charge < -0.3 is 9.80 Å². The predicted octanol–water partition coefficient (Wildman–Crippen LogP) is 2.48. The molecular formula is C23H26N6O2. The highest BCUT2D eigenvalue weighted by Gasteiger charge is 2.34. The van der Waals surface area contributed by atoms with E-state index in [0.29, 0.717) is 49.7 Å². The molecule has 0 spiro atoms. The first-order valence-corrected chi connectivity index (χ1v) is 10.4. The minimum absolute atomic E-state index is 0.0427. The standard InChI is InChI=1S/C23H26N6O2/c1-16-5-3-6-18(13-16)14-21(30)28-11-4-12-29(23(31)19-7-9-24-10-8-19)20(15-28)22-25-17(2)26-27-22/h3,5-10,13,20H,4,11-12,14-15H2,1-2H3,(H,25,26,27). The van der Waals surface area contributed by atoms with Crippen molar-refractivity contribution < 1.29 is 9.59 Å². The van der Waals surface area contributed by atoms with Gasteiger partial charge in [-0.2, -0.15) is 5.10 Å². The quantitative estimate of drug-likeness (QED) is 0.702. The van der Waals surface area contributed by atoms with Crippen LogP contribution in [0.25, 0.3) is 0 Å². The molecule has 0 aliphatic carbocycles. The fraction of sp³-hybridized carbons (Fsp3) is 0.348. The normalized spacial score (nSPS) is 16.8. The van der Waals surface area contributed by atoms with Crippen LogP contribution in [0.15, 0.2) is 48.8 Å². The van der Waals surface area contributed by atoms with Gasteiger partial charge in [-0.1, -0.05) is 29.8 Å². The average molecular weight is 419 g/mol. The van der Waals surface area contributed by atoms with Crippen molar-refractivity contribution >= 4 is 11.8 Å². The topological polar surface area (TPSA) is 95.1 Å². The number of carbonyl (C=O) groups excluding carboxylic acids is 2. The Bertz CT molecular complexity index is 1060. The van der Waals surface area contributed by atoms with Crippen molar-refractivity contribution in [3.05, 3.63) is 77.1 Å². The molecule has 2 amide bonds. The number of nitrogens with one attached hydrogen (secondary N) is 1. The highest BCUT2D eigenvalue weighted by molar-refractivity contribution is 5.94. The minimum atomic E-state index is -0.422. The van der Waals surface area contributed by atoms with Gasteiger partial charge in [0.05, 0.1) is 6.42 Å². The maximum absolute atomic E-state index is 13.3. The second-order valence-electron chi connectivity index (χ2n) is 7.89.